The zero-order chi connectivity index (χ0) is 30.6. The van der Waals surface area contributed by atoms with Gasteiger partial charge in [0.15, 0.2) is 0 Å². The largest absolute Gasteiger partial charge is 0.372 e. The summed E-state index contributed by atoms with van der Waals surface area (Å²) in [6.45, 7) is 5.83. The fourth-order valence-corrected chi connectivity index (χ4v) is 6.60. The summed E-state index contributed by atoms with van der Waals surface area (Å²) in [4.78, 5) is 32.4. The molecule has 2 saturated heterocycles. The van der Waals surface area contributed by atoms with Crippen molar-refractivity contribution < 1.29 is 9.18 Å². The molecule has 3 aliphatic heterocycles. The van der Waals surface area contributed by atoms with Crippen LogP contribution in [0.25, 0.3) is 0 Å². The molecule has 4 heterocycles. The van der Waals surface area contributed by atoms with Crippen molar-refractivity contribution in [2.24, 2.45) is 4.99 Å². The second kappa shape index (κ2) is 13.0. The van der Waals surface area contributed by atoms with Gasteiger partial charge in [-0.05, 0) is 73.0 Å². The monoisotopic (exact) mass is 603 g/mol. The number of guanidine groups is 1. The highest BCUT2D eigenvalue weighted by atomic mass is 19.1. The van der Waals surface area contributed by atoms with Crippen molar-refractivity contribution in [1.29, 1.82) is 0 Å². The third kappa shape index (κ3) is 6.34. The van der Waals surface area contributed by atoms with Crippen LogP contribution in [-0.4, -0.2) is 61.0 Å². The minimum atomic E-state index is -0.288. The number of piperazine rings is 1. The molecule has 3 aliphatic rings. The van der Waals surface area contributed by atoms with Gasteiger partial charge in [-0.2, -0.15) is 0 Å². The van der Waals surface area contributed by atoms with Gasteiger partial charge in [-0.25, -0.2) is 9.38 Å². The summed E-state index contributed by atoms with van der Waals surface area (Å²) in [5.74, 6) is 0.513. The van der Waals surface area contributed by atoms with Gasteiger partial charge in [-0.3, -0.25) is 9.78 Å². The van der Waals surface area contributed by atoms with Gasteiger partial charge in [-0.1, -0.05) is 30.3 Å². The van der Waals surface area contributed by atoms with Gasteiger partial charge >= 0.3 is 0 Å². The molecule has 0 radical (unpaired) electrons. The fraction of sp³-hybridized carbons (Fsp3) is 0.306. The van der Waals surface area contributed by atoms with Crippen LogP contribution < -0.4 is 20.0 Å². The number of aliphatic imine (C=N–C) groups is 1. The maximum atomic E-state index is 13.6. The summed E-state index contributed by atoms with van der Waals surface area (Å²) in [5, 5.41) is 3.07. The average molecular weight is 604 g/mol. The van der Waals surface area contributed by atoms with Crippen molar-refractivity contribution >= 4 is 34.6 Å². The highest BCUT2D eigenvalue weighted by molar-refractivity contribution is 6.01. The quantitative estimate of drug-likeness (QED) is 0.284. The molecule has 3 aromatic carbocycles. The lowest BCUT2D eigenvalue weighted by Gasteiger charge is -2.45. The molecule has 7 rings (SSSR count). The van der Waals surface area contributed by atoms with Crippen molar-refractivity contribution in [1.82, 2.24) is 15.2 Å². The second-order valence-corrected chi connectivity index (χ2v) is 11.9. The number of hydrogen-bond acceptors (Lipinski definition) is 7. The number of hydrogen-bond donors (Lipinski definition) is 1. The Morgan fingerprint density at radius 3 is 2.09 bits per heavy atom. The lowest BCUT2D eigenvalue weighted by molar-refractivity contribution is -0.121. The van der Waals surface area contributed by atoms with Crippen molar-refractivity contribution in [2.45, 2.75) is 31.8 Å². The Balaban J connectivity index is 1.19. The van der Waals surface area contributed by atoms with Crippen molar-refractivity contribution in [3.63, 3.8) is 0 Å². The molecule has 1 unspecified atom stereocenters. The first-order chi connectivity index (χ1) is 22.1. The number of benzene rings is 3. The van der Waals surface area contributed by atoms with E-state index in [0.29, 0.717) is 6.54 Å². The first-order valence-corrected chi connectivity index (χ1v) is 15.9. The minimum absolute atomic E-state index is 0.0680. The van der Waals surface area contributed by atoms with Gasteiger partial charge in [0, 0.05) is 80.8 Å². The summed E-state index contributed by atoms with van der Waals surface area (Å²) in [5.41, 5.74) is 6.19. The first-order valence-electron chi connectivity index (χ1n) is 15.9. The van der Waals surface area contributed by atoms with E-state index in [1.807, 2.05) is 30.6 Å². The number of carbonyl (C=O) groups is 1. The number of para-hydroxylation sites is 1. The number of fused-ring (bicyclic) bond motifs is 1. The minimum Gasteiger partial charge on any atom is -0.372 e. The van der Waals surface area contributed by atoms with E-state index in [0.717, 1.165) is 67.7 Å². The predicted octanol–water partition coefficient (Wildman–Crippen LogP) is 5.90. The third-order valence-electron chi connectivity index (χ3n) is 9.01. The average Bonchev–Trinajstić information content (AvgIpc) is 3.64. The van der Waals surface area contributed by atoms with Crippen LogP contribution in [0.3, 0.4) is 0 Å². The topological polar surface area (TPSA) is 67.3 Å². The van der Waals surface area contributed by atoms with Crippen molar-refractivity contribution in [2.75, 3.05) is 54.0 Å². The lowest BCUT2D eigenvalue weighted by atomic mass is 9.97. The van der Waals surface area contributed by atoms with Gasteiger partial charge in [0.05, 0.1) is 18.2 Å². The molecule has 0 aliphatic carbocycles. The van der Waals surface area contributed by atoms with Crippen LogP contribution in [0, 0.1) is 5.82 Å². The number of nitrogens with one attached hydrogen (secondary N) is 1. The van der Waals surface area contributed by atoms with E-state index in [-0.39, 0.29) is 24.2 Å². The molecular weight excluding hydrogens is 565 g/mol. The highest BCUT2D eigenvalue weighted by Crippen LogP contribution is 2.41. The molecule has 4 aromatic rings. The predicted molar refractivity (Wildman–Crippen MR) is 178 cm³/mol. The van der Waals surface area contributed by atoms with Crippen LogP contribution in [0.5, 0.6) is 0 Å². The molecule has 0 spiro atoms. The van der Waals surface area contributed by atoms with E-state index in [2.05, 4.69) is 72.4 Å². The smallest absolute Gasteiger partial charge is 0.222 e. The van der Waals surface area contributed by atoms with Gasteiger partial charge in [0.25, 0.3) is 0 Å². The zero-order valence-corrected chi connectivity index (χ0v) is 25.4. The standard InChI is InChI=1S/C36H38FN7O/c37-28-9-7-27(8-10-28)26-39-35(45)25-34-32-5-1-2-6-33(32)40-36(43-23-21-42(22-24-43)30-15-17-38-18-16-30)44(34)31-13-11-29(12-14-31)41-19-3-4-20-41/h1-2,5-18,34H,3-4,19-26H2,(H,39,45). The van der Waals surface area contributed by atoms with E-state index in [1.165, 1.54) is 36.3 Å². The van der Waals surface area contributed by atoms with Crippen LogP contribution in [0.2, 0.25) is 0 Å². The maximum absolute atomic E-state index is 13.6. The highest BCUT2D eigenvalue weighted by Gasteiger charge is 2.36. The second-order valence-electron chi connectivity index (χ2n) is 11.9. The number of aromatic nitrogens is 1. The summed E-state index contributed by atoms with van der Waals surface area (Å²) >= 11 is 0. The van der Waals surface area contributed by atoms with Gasteiger partial charge in [0.2, 0.25) is 11.9 Å². The van der Waals surface area contributed by atoms with E-state index in [1.54, 1.807) is 12.1 Å². The van der Waals surface area contributed by atoms with Crippen LogP contribution in [-0.2, 0) is 11.3 Å². The molecule has 0 bridgehead atoms. The Hall–Kier alpha value is -4.92. The Morgan fingerprint density at radius 1 is 0.733 bits per heavy atom. The maximum Gasteiger partial charge on any atom is 0.222 e. The number of halogens is 1. The number of carbonyl (C=O) groups excluding carboxylic acids is 1. The van der Waals surface area contributed by atoms with E-state index < -0.39 is 0 Å². The van der Waals surface area contributed by atoms with Gasteiger partial charge in [0.1, 0.15) is 5.82 Å². The summed E-state index contributed by atoms with van der Waals surface area (Å²) < 4.78 is 13.4. The molecule has 1 amide bonds. The van der Waals surface area contributed by atoms with Gasteiger partial charge < -0.3 is 24.9 Å². The summed E-state index contributed by atoms with van der Waals surface area (Å²) in [6, 6.07) is 27.0. The molecular formula is C36H38FN7O. The fourth-order valence-electron chi connectivity index (χ4n) is 6.60. The van der Waals surface area contributed by atoms with Crippen LogP contribution in [0.1, 0.15) is 36.4 Å². The number of nitrogens with zero attached hydrogens (tertiary/aromatic N) is 6. The number of amides is 1. The molecule has 1 N–H and O–H groups in total. The van der Waals surface area contributed by atoms with Crippen LogP contribution in [0.15, 0.2) is 102 Å². The number of rotatable bonds is 7. The van der Waals surface area contributed by atoms with Crippen LogP contribution in [0.4, 0.5) is 27.1 Å². The van der Waals surface area contributed by atoms with Crippen molar-refractivity contribution in [3.8, 4) is 0 Å². The summed E-state index contributed by atoms with van der Waals surface area (Å²) in [7, 11) is 0. The molecule has 45 heavy (non-hydrogen) atoms. The first kappa shape index (κ1) is 28.8. The molecule has 1 atom stereocenters. The molecule has 9 heteroatoms. The Kier molecular flexibility index (Phi) is 8.31. The van der Waals surface area contributed by atoms with Crippen LogP contribution >= 0.6 is 0 Å². The van der Waals surface area contributed by atoms with E-state index in [4.69, 9.17) is 4.99 Å². The molecule has 8 nitrogen and oxygen atoms in total. The zero-order valence-electron chi connectivity index (χ0n) is 25.4. The Morgan fingerprint density at radius 2 is 1.36 bits per heavy atom. The molecule has 230 valence electrons. The Labute approximate surface area is 263 Å². The SMILES string of the molecule is O=C(CC1c2ccccc2N=C(N2CCN(c3ccncc3)CC2)N1c1ccc(N2CCCC2)cc1)NCc1ccc(F)cc1. The Bertz CT molecular complexity index is 1630. The lowest BCUT2D eigenvalue weighted by Crippen LogP contribution is -2.55. The van der Waals surface area contributed by atoms with E-state index >= 15 is 0 Å². The summed E-state index contributed by atoms with van der Waals surface area (Å²) in [6.07, 6.45) is 6.37. The van der Waals surface area contributed by atoms with E-state index in [9.17, 15) is 9.18 Å². The van der Waals surface area contributed by atoms with Crippen molar-refractivity contribution in [3.05, 3.63) is 114 Å². The molecule has 1 aromatic heterocycles. The van der Waals surface area contributed by atoms with Gasteiger partial charge in [-0.15, -0.1) is 0 Å². The number of pyridine rings is 1. The number of anilines is 3. The molecule has 0 saturated carbocycles. The normalized spacial score (nSPS) is 18.1. The molecule has 2 fully saturated rings. The third-order valence-corrected chi connectivity index (χ3v) is 9.01.